The van der Waals surface area contributed by atoms with Crippen LogP contribution in [0.3, 0.4) is 0 Å². The molecule has 0 radical (unpaired) electrons. The van der Waals surface area contributed by atoms with Crippen LogP contribution in [0.25, 0.3) is 0 Å². The van der Waals surface area contributed by atoms with Crippen LogP contribution in [0.1, 0.15) is 70.0 Å². The van der Waals surface area contributed by atoms with Crippen LogP contribution in [0.2, 0.25) is 0 Å². The number of carbonyl (C=O) groups excluding carboxylic acids is 2. The minimum absolute atomic E-state index is 0.0462. The predicted octanol–water partition coefficient (Wildman–Crippen LogP) is 3.82. The zero-order valence-electron chi connectivity index (χ0n) is 16.8. The molecule has 2 N–H and O–H groups in total. The Morgan fingerprint density at radius 3 is 2.79 bits per heavy atom. The van der Waals surface area contributed by atoms with Gasteiger partial charge in [-0.3, -0.25) is 4.79 Å². The summed E-state index contributed by atoms with van der Waals surface area (Å²) in [4.78, 5) is 27.2. The number of carbonyl (C=O) groups is 2. The van der Waals surface area contributed by atoms with Crippen LogP contribution < -0.4 is 10.6 Å². The molecule has 28 heavy (non-hydrogen) atoms. The summed E-state index contributed by atoms with van der Waals surface area (Å²) in [5.74, 6) is 1.74. The van der Waals surface area contributed by atoms with Crippen molar-refractivity contribution in [1.82, 2.24) is 15.5 Å². The maximum Gasteiger partial charge on any atom is 0.315 e. The van der Waals surface area contributed by atoms with Gasteiger partial charge in [-0.25, -0.2) is 4.79 Å². The Morgan fingerprint density at radius 1 is 1.14 bits per heavy atom. The van der Waals surface area contributed by atoms with Crippen LogP contribution in [0.5, 0.6) is 0 Å². The number of furan rings is 1. The molecule has 3 fully saturated rings. The zero-order valence-corrected chi connectivity index (χ0v) is 16.8. The molecule has 6 heteroatoms. The second kappa shape index (κ2) is 8.58. The van der Waals surface area contributed by atoms with Crippen LogP contribution in [0.15, 0.2) is 22.8 Å². The van der Waals surface area contributed by atoms with E-state index in [9.17, 15) is 9.59 Å². The van der Waals surface area contributed by atoms with E-state index < -0.39 is 0 Å². The summed E-state index contributed by atoms with van der Waals surface area (Å²) in [6.07, 6.45) is 12.9. The molecule has 0 unspecified atom stereocenters. The Kier molecular flexibility index (Phi) is 5.93. The molecule has 1 aliphatic heterocycles. The number of nitrogens with one attached hydrogen (secondary N) is 2. The number of urea groups is 1. The van der Waals surface area contributed by atoms with E-state index >= 15 is 0 Å². The van der Waals surface area contributed by atoms with Crippen molar-refractivity contribution < 1.29 is 14.0 Å². The molecule has 1 saturated heterocycles. The number of piperidine rings is 1. The van der Waals surface area contributed by atoms with Gasteiger partial charge in [-0.05, 0) is 50.2 Å². The topological polar surface area (TPSA) is 74.6 Å². The first-order valence-electron chi connectivity index (χ1n) is 11.0. The molecule has 3 aliphatic rings. The van der Waals surface area contributed by atoms with Crippen LogP contribution in [0, 0.1) is 11.3 Å². The van der Waals surface area contributed by atoms with Gasteiger partial charge in [0.1, 0.15) is 5.76 Å². The van der Waals surface area contributed by atoms with E-state index in [0.717, 1.165) is 38.0 Å². The molecular formula is C22H33N3O3. The monoisotopic (exact) mass is 387 g/mol. The van der Waals surface area contributed by atoms with Gasteiger partial charge in [-0.15, -0.1) is 0 Å². The van der Waals surface area contributed by atoms with Crippen LogP contribution >= 0.6 is 0 Å². The Labute approximate surface area is 167 Å². The van der Waals surface area contributed by atoms with Crippen molar-refractivity contribution in [1.29, 1.82) is 0 Å². The molecule has 154 valence electrons. The summed E-state index contributed by atoms with van der Waals surface area (Å²) in [7, 11) is 0. The summed E-state index contributed by atoms with van der Waals surface area (Å²) in [5, 5.41) is 5.95. The van der Waals surface area contributed by atoms with Gasteiger partial charge in [0.25, 0.3) is 0 Å². The van der Waals surface area contributed by atoms with Crippen LogP contribution in [-0.2, 0) is 11.3 Å². The molecule has 3 amide bonds. The van der Waals surface area contributed by atoms with E-state index in [1.807, 2.05) is 12.1 Å². The molecule has 0 aromatic carbocycles. The molecule has 1 aromatic rings. The van der Waals surface area contributed by atoms with Gasteiger partial charge >= 0.3 is 6.03 Å². The number of fused-ring (bicyclic) bond motifs is 1. The smallest absolute Gasteiger partial charge is 0.315 e. The highest BCUT2D eigenvalue weighted by atomic mass is 16.3. The Balaban J connectivity index is 1.35. The predicted molar refractivity (Wildman–Crippen MR) is 107 cm³/mol. The number of likely N-dealkylation sites (tertiary alicyclic amines) is 1. The van der Waals surface area contributed by atoms with Crippen LogP contribution in [-0.4, -0.2) is 36.0 Å². The number of amides is 3. The number of hydrogen-bond donors (Lipinski definition) is 2. The lowest BCUT2D eigenvalue weighted by Gasteiger charge is -2.47. The van der Waals surface area contributed by atoms with Gasteiger partial charge in [-0.1, -0.05) is 25.7 Å². The highest BCUT2D eigenvalue weighted by Gasteiger charge is 2.50. The van der Waals surface area contributed by atoms with Crippen molar-refractivity contribution in [2.24, 2.45) is 11.3 Å². The summed E-state index contributed by atoms with van der Waals surface area (Å²) in [5.41, 5.74) is 0.0462. The molecule has 0 bridgehead atoms. The minimum atomic E-state index is -0.160. The molecule has 2 heterocycles. The largest absolute Gasteiger partial charge is 0.467 e. The first kappa shape index (κ1) is 19.3. The van der Waals surface area contributed by atoms with E-state index in [0.29, 0.717) is 37.4 Å². The second-order valence-corrected chi connectivity index (χ2v) is 8.94. The summed E-state index contributed by atoms with van der Waals surface area (Å²) < 4.78 is 5.26. The number of nitrogens with zero attached hydrogens (tertiary/aromatic N) is 1. The second-order valence-electron chi connectivity index (χ2n) is 8.94. The Bertz CT molecular complexity index is 669. The molecular weight excluding hydrogens is 354 g/mol. The SMILES string of the molecule is O=C(NCc1ccco1)NC[C@@]12CCC[C@H]1N(CC1CCCCC1)C(=O)CC2. The van der Waals surface area contributed by atoms with Crippen molar-refractivity contribution in [3.63, 3.8) is 0 Å². The van der Waals surface area contributed by atoms with Gasteiger partial charge < -0.3 is 20.0 Å². The average Bonchev–Trinajstić information content (AvgIpc) is 3.38. The lowest BCUT2D eigenvalue weighted by molar-refractivity contribution is -0.142. The van der Waals surface area contributed by atoms with Gasteiger partial charge in [0, 0.05) is 31.0 Å². The molecule has 0 spiro atoms. The van der Waals surface area contributed by atoms with Crippen LogP contribution in [0.4, 0.5) is 4.79 Å². The van der Waals surface area contributed by atoms with Crippen molar-refractivity contribution in [3.8, 4) is 0 Å². The first-order valence-corrected chi connectivity index (χ1v) is 11.0. The van der Waals surface area contributed by atoms with E-state index in [1.54, 1.807) is 6.26 Å². The summed E-state index contributed by atoms with van der Waals surface area (Å²) >= 11 is 0. The zero-order chi connectivity index (χ0) is 19.4. The first-order chi connectivity index (χ1) is 13.7. The lowest BCUT2D eigenvalue weighted by atomic mass is 9.74. The quantitative estimate of drug-likeness (QED) is 0.779. The van der Waals surface area contributed by atoms with Crippen molar-refractivity contribution in [2.45, 2.75) is 76.8 Å². The van der Waals surface area contributed by atoms with E-state index in [-0.39, 0.29) is 11.4 Å². The molecule has 2 aliphatic carbocycles. The molecule has 1 aromatic heterocycles. The Hall–Kier alpha value is -1.98. The van der Waals surface area contributed by atoms with Crippen molar-refractivity contribution in [2.75, 3.05) is 13.1 Å². The highest BCUT2D eigenvalue weighted by molar-refractivity contribution is 5.78. The van der Waals surface area contributed by atoms with Gasteiger partial charge in [0.15, 0.2) is 0 Å². The maximum absolute atomic E-state index is 12.7. The van der Waals surface area contributed by atoms with Gasteiger partial charge in [-0.2, -0.15) is 0 Å². The van der Waals surface area contributed by atoms with Crippen molar-refractivity contribution in [3.05, 3.63) is 24.2 Å². The third-order valence-electron chi connectivity index (χ3n) is 7.18. The fourth-order valence-electron chi connectivity index (χ4n) is 5.64. The third kappa shape index (κ3) is 4.20. The number of hydrogen-bond acceptors (Lipinski definition) is 3. The maximum atomic E-state index is 12.7. The molecule has 4 rings (SSSR count). The third-order valence-corrected chi connectivity index (χ3v) is 7.18. The van der Waals surface area contributed by atoms with Gasteiger partial charge in [0.05, 0.1) is 12.8 Å². The fraction of sp³-hybridized carbons (Fsp3) is 0.727. The van der Waals surface area contributed by atoms with E-state index in [2.05, 4.69) is 15.5 Å². The molecule has 2 atom stereocenters. The average molecular weight is 388 g/mol. The van der Waals surface area contributed by atoms with E-state index in [4.69, 9.17) is 4.42 Å². The minimum Gasteiger partial charge on any atom is -0.467 e. The summed E-state index contributed by atoms with van der Waals surface area (Å²) in [6.45, 7) is 1.97. The summed E-state index contributed by atoms with van der Waals surface area (Å²) in [6, 6.07) is 3.80. The van der Waals surface area contributed by atoms with Crippen molar-refractivity contribution >= 4 is 11.9 Å². The fourth-order valence-corrected chi connectivity index (χ4v) is 5.64. The number of rotatable bonds is 6. The van der Waals surface area contributed by atoms with E-state index in [1.165, 1.54) is 32.1 Å². The molecule has 6 nitrogen and oxygen atoms in total. The Morgan fingerprint density at radius 2 is 2.00 bits per heavy atom. The standard InChI is InChI=1S/C22H33N3O3/c26-20-10-12-22(16-24-21(27)23-14-18-8-5-13-28-18)11-4-9-19(22)25(20)15-17-6-2-1-3-7-17/h5,8,13,17,19H,1-4,6-7,9-12,14-16H2,(H2,23,24,27)/t19-,22+/m1/s1. The normalized spacial score (nSPS) is 28.2. The highest BCUT2D eigenvalue weighted by Crippen LogP contribution is 2.48. The van der Waals surface area contributed by atoms with Gasteiger partial charge in [0.2, 0.25) is 5.91 Å². The molecule has 2 saturated carbocycles. The lowest BCUT2D eigenvalue weighted by Crippen LogP contribution is -2.57.